The molecule has 2 aromatic carbocycles. The molecule has 0 N–H and O–H groups in total. The summed E-state index contributed by atoms with van der Waals surface area (Å²) in [5.41, 5.74) is 4.54. The number of halogens is 3. The summed E-state index contributed by atoms with van der Waals surface area (Å²) >= 11 is 0. The van der Waals surface area contributed by atoms with Gasteiger partial charge in [-0.15, -0.1) is 0 Å². The van der Waals surface area contributed by atoms with Crippen molar-refractivity contribution < 1.29 is 13.2 Å². The standard InChI is InChI=1S/C16H15F3.C2H6/c1-10-8-11(2)15(12(3)9-10)13-4-6-14(7-5-13)16(17,18)19;1-2/h4-9H,1-3H3;1-2H3. The van der Waals surface area contributed by atoms with E-state index < -0.39 is 11.7 Å². The zero-order valence-corrected chi connectivity index (χ0v) is 13.1. The van der Waals surface area contributed by atoms with Crippen LogP contribution in [-0.2, 0) is 6.18 Å². The first-order valence-corrected chi connectivity index (χ1v) is 7.04. The first kappa shape index (κ1) is 17.3. The van der Waals surface area contributed by atoms with E-state index in [1.165, 1.54) is 12.1 Å². The summed E-state index contributed by atoms with van der Waals surface area (Å²) in [5.74, 6) is 0. The summed E-state index contributed by atoms with van der Waals surface area (Å²) in [7, 11) is 0. The molecule has 21 heavy (non-hydrogen) atoms. The van der Waals surface area contributed by atoms with Crippen LogP contribution in [0.4, 0.5) is 13.2 Å². The Balaban J connectivity index is 0.00000106. The van der Waals surface area contributed by atoms with Gasteiger partial charge in [0.05, 0.1) is 5.56 Å². The largest absolute Gasteiger partial charge is 0.416 e. The van der Waals surface area contributed by atoms with Crippen LogP contribution in [-0.4, -0.2) is 0 Å². The third kappa shape index (κ3) is 4.10. The Morgan fingerprint density at radius 2 is 1.19 bits per heavy atom. The van der Waals surface area contributed by atoms with Crippen molar-refractivity contribution in [3.63, 3.8) is 0 Å². The van der Waals surface area contributed by atoms with Crippen LogP contribution >= 0.6 is 0 Å². The lowest BCUT2D eigenvalue weighted by molar-refractivity contribution is -0.137. The van der Waals surface area contributed by atoms with Gasteiger partial charge in [-0.05, 0) is 55.2 Å². The fourth-order valence-corrected chi connectivity index (χ4v) is 2.46. The lowest BCUT2D eigenvalue weighted by Crippen LogP contribution is -2.04. The maximum Gasteiger partial charge on any atom is 0.416 e. The van der Waals surface area contributed by atoms with Crippen LogP contribution in [0, 0.1) is 20.8 Å². The van der Waals surface area contributed by atoms with Crippen LogP contribution < -0.4 is 0 Å². The number of alkyl halides is 3. The SMILES string of the molecule is CC.Cc1cc(C)c(-c2ccc(C(F)(F)F)cc2)c(C)c1. The monoisotopic (exact) mass is 294 g/mol. The molecule has 0 radical (unpaired) electrons. The molecule has 0 saturated carbocycles. The van der Waals surface area contributed by atoms with Crippen LogP contribution in [0.15, 0.2) is 36.4 Å². The summed E-state index contributed by atoms with van der Waals surface area (Å²) < 4.78 is 37.6. The first-order valence-electron chi connectivity index (χ1n) is 7.04. The molecular weight excluding hydrogens is 273 g/mol. The van der Waals surface area contributed by atoms with Gasteiger partial charge in [-0.3, -0.25) is 0 Å². The minimum atomic E-state index is -4.28. The van der Waals surface area contributed by atoms with Crippen molar-refractivity contribution in [1.29, 1.82) is 0 Å². The molecule has 114 valence electrons. The van der Waals surface area contributed by atoms with Gasteiger partial charge in [0.25, 0.3) is 0 Å². The predicted octanol–water partition coefficient (Wildman–Crippen LogP) is 6.32. The molecule has 0 unspecified atom stereocenters. The number of aryl methyl sites for hydroxylation is 3. The van der Waals surface area contributed by atoms with Crippen molar-refractivity contribution in [2.45, 2.75) is 40.8 Å². The molecule has 0 aliphatic carbocycles. The average Bonchev–Trinajstić information content (AvgIpc) is 2.39. The molecule has 0 aromatic heterocycles. The van der Waals surface area contributed by atoms with E-state index in [1.807, 2.05) is 46.8 Å². The third-order valence-corrected chi connectivity index (χ3v) is 3.18. The molecule has 0 saturated heterocycles. The minimum Gasteiger partial charge on any atom is -0.166 e. The van der Waals surface area contributed by atoms with Gasteiger partial charge in [0.1, 0.15) is 0 Å². The summed E-state index contributed by atoms with van der Waals surface area (Å²) in [6.45, 7) is 9.97. The third-order valence-electron chi connectivity index (χ3n) is 3.18. The van der Waals surface area contributed by atoms with Gasteiger partial charge in [-0.1, -0.05) is 43.7 Å². The Labute approximate surface area is 124 Å². The maximum absolute atomic E-state index is 12.5. The van der Waals surface area contributed by atoms with Gasteiger partial charge in [0.2, 0.25) is 0 Å². The molecule has 0 atom stereocenters. The molecule has 2 rings (SSSR count). The predicted molar refractivity (Wildman–Crippen MR) is 82.4 cm³/mol. The summed E-state index contributed by atoms with van der Waals surface area (Å²) in [6.07, 6.45) is -4.28. The number of rotatable bonds is 1. The Hall–Kier alpha value is -1.77. The summed E-state index contributed by atoms with van der Waals surface area (Å²) in [6, 6.07) is 9.42. The molecule has 0 fully saturated rings. The van der Waals surface area contributed by atoms with Crippen molar-refractivity contribution >= 4 is 0 Å². The van der Waals surface area contributed by atoms with Gasteiger partial charge < -0.3 is 0 Å². The molecule has 0 amide bonds. The molecule has 2 aromatic rings. The van der Waals surface area contributed by atoms with Crippen LogP contribution in [0.2, 0.25) is 0 Å². The molecule has 0 nitrogen and oxygen atoms in total. The highest BCUT2D eigenvalue weighted by atomic mass is 19.4. The molecule has 0 heterocycles. The Bertz CT molecular complexity index is 570. The number of hydrogen-bond donors (Lipinski definition) is 0. The minimum absolute atomic E-state index is 0.612. The van der Waals surface area contributed by atoms with E-state index in [2.05, 4.69) is 0 Å². The van der Waals surface area contributed by atoms with Crippen molar-refractivity contribution in [2.75, 3.05) is 0 Å². The van der Waals surface area contributed by atoms with Crippen molar-refractivity contribution in [3.8, 4) is 11.1 Å². The van der Waals surface area contributed by atoms with E-state index in [1.54, 1.807) is 0 Å². The summed E-state index contributed by atoms with van der Waals surface area (Å²) in [4.78, 5) is 0. The topological polar surface area (TPSA) is 0 Å². The lowest BCUT2D eigenvalue weighted by atomic mass is 9.93. The van der Waals surface area contributed by atoms with Crippen LogP contribution in [0.3, 0.4) is 0 Å². The van der Waals surface area contributed by atoms with Gasteiger partial charge in [-0.25, -0.2) is 0 Å². The Morgan fingerprint density at radius 3 is 1.57 bits per heavy atom. The smallest absolute Gasteiger partial charge is 0.166 e. The van der Waals surface area contributed by atoms with Crippen LogP contribution in [0.1, 0.15) is 36.1 Å². The highest BCUT2D eigenvalue weighted by Gasteiger charge is 2.30. The normalized spacial score (nSPS) is 10.9. The van der Waals surface area contributed by atoms with Crippen molar-refractivity contribution in [1.82, 2.24) is 0 Å². The molecule has 0 bridgehead atoms. The fourth-order valence-electron chi connectivity index (χ4n) is 2.46. The van der Waals surface area contributed by atoms with E-state index in [0.29, 0.717) is 0 Å². The fraction of sp³-hybridized carbons (Fsp3) is 0.333. The van der Waals surface area contributed by atoms with Crippen molar-refractivity contribution in [2.24, 2.45) is 0 Å². The zero-order valence-electron chi connectivity index (χ0n) is 13.1. The second-order valence-electron chi connectivity index (χ2n) is 4.85. The van der Waals surface area contributed by atoms with E-state index in [9.17, 15) is 13.2 Å². The maximum atomic E-state index is 12.5. The average molecular weight is 294 g/mol. The molecular formula is C18H21F3. The highest BCUT2D eigenvalue weighted by molar-refractivity contribution is 5.71. The Morgan fingerprint density at radius 1 is 0.762 bits per heavy atom. The van der Waals surface area contributed by atoms with Gasteiger partial charge in [0.15, 0.2) is 0 Å². The number of benzene rings is 2. The van der Waals surface area contributed by atoms with Crippen LogP contribution in [0.5, 0.6) is 0 Å². The zero-order chi connectivity index (χ0) is 16.2. The molecule has 0 spiro atoms. The molecule has 0 aliphatic heterocycles. The van der Waals surface area contributed by atoms with Crippen molar-refractivity contribution in [3.05, 3.63) is 58.7 Å². The molecule has 0 aliphatic rings. The summed E-state index contributed by atoms with van der Waals surface area (Å²) in [5, 5.41) is 0. The van der Waals surface area contributed by atoms with E-state index in [0.717, 1.165) is 39.9 Å². The van der Waals surface area contributed by atoms with Gasteiger partial charge in [0, 0.05) is 0 Å². The second kappa shape index (κ2) is 6.79. The lowest BCUT2D eigenvalue weighted by Gasteiger charge is -2.13. The highest BCUT2D eigenvalue weighted by Crippen LogP contribution is 2.33. The van der Waals surface area contributed by atoms with E-state index in [-0.39, 0.29) is 0 Å². The van der Waals surface area contributed by atoms with Gasteiger partial charge >= 0.3 is 6.18 Å². The Kier molecular flexibility index (Phi) is 5.59. The van der Waals surface area contributed by atoms with Gasteiger partial charge in [-0.2, -0.15) is 13.2 Å². The van der Waals surface area contributed by atoms with Crippen LogP contribution in [0.25, 0.3) is 11.1 Å². The number of hydrogen-bond acceptors (Lipinski definition) is 0. The quantitative estimate of drug-likeness (QED) is 0.577. The van der Waals surface area contributed by atoms with E-state index in [4.69, 9.17) is 0 Å². The molecule has 3 heteroatoms. The second-order valence-corrected chi connectivity index (χ2v) is 4.85. The first-order chi connectivity index (χ1) is 9.79. The van der Waals surface area contributed by atoms with E-state index >= 15 is 0 Å².